The van der Waals surface area contributed by atoms with Gasteiger partial charge in [0.05, 0.1) is 11.4 Å². The van der Waals surface area contributed by atoms with Gasteiger partial charge in [-0.05, 0) is 43.4 Å². The Bertz CT molecular complexity index is 944. The van der Waals surface area contributed by atoms with Crippen molar-refractivity contribution in [3.05, 3.63) is 51.2 Å². The maximum Gasteiger partial charge on any atom is 0.372 e. The Kier molecular flexibility index (Phi) is 7.13. The van der Waals surface area contributed by atoms with Crippen LogP contribution in [0.25, 0.3) is 0 Å². The van der Waals surface area contributed by atoms with E-state index in [2.05, 4.69) is 15.3 Å². The molecule has 9 nitrogen and oxygen atoms in total. The molecule has 2 aromatic rings. The van der Waals surface area contributed by atoms with Gasteiger partial charge in [0.15, 0.2) is 6.61 Å². The minimum atomic E-state index is -1.18. The van der Waals surface area contributed by atoms with Gasteiger partial charge in [0.1, 0.15) is 5.75 Å². The monoisotopic (exact) mass is 408 g/mol. The number of rotatable bonds is 2. The lowest BCUT2D eigenvalue weighted by Gasteiger charge is -2.18. The highest BCUT2D eigenvalue weighted by Gasteiger charge is 2.17. The second-order valence-corrected chi connectivity index (χ2v) is 6.22. The lowest BCUT2D eigenvalue weighted by atomic mass is 9.97. The average Bonchev–Trinajstić information content (AvgIpc) is 2.67. The van der Waals surface area contributed by atoms with Gasteiger partial charge in [0.25, 0.3) is 11.5 Å². The quantitative estimate of drug-likeness (QED) is 0.584. The van der Waals surface area contributed by atoms with Crippen LogP contribution < -0.4 is 21.3 Å². The number of nitrogens with one attached hydrogen (secondary N) is 2. The van der Waals surface area contributed by atoms with E-state index >= 15 is 0 Å². The molecule has 0 atom stereocenters. The van der Waals surface area contributed by atoms with Crippen molar-refractivity contribution < 1.29 is 19.4 Å². The maximum atomic E-state index is 11.4. The number of carbonyl (C=O) groups excluding carboxylic acids is 1. The summed E-state index contributed by atoms with van der Waals surface area (Å²) >= 11 is 0. The smallest absolute Gasteiger partial charge is 0.372 e. The fraction of sp³-hybridized carbons (Fsp3) is 0.333. The average molecular weight is 409 g/mol. The van der Waals surface area contributed by atoms with Crippen molar-refractivity contribution in [2.45, 2.75) is 32.2 Å². The van der Waals surface area contributed by atoms with Crippen molar-refractivity contribution in [2.75, 3.05) is 11.9 Å². The van der Waals surface area contributed by atoms with Crippen molar-refractivity contribution in [3.63, 3.8) is 0 Å². The summed E-state index contributed by atoms with van der Waals surface area (Å²) in [6.07, 6.45) is 3.36. The second-order valence-electron chi connectivity index (χ2n) is 6.22. The first-order chi connectivity index (χ1) is 13.0. The summed E-state index contributed by atoms with van der Waals surface area (Å²) in [7, 11) is 0. The molecule has 0 radical (unpaired) electrons. The number of halogens is 1. The molecule has 0 fully saturated rings. The first-order valence-corrected chi connectivity index (χ1v) is 8.59. The molecule has 150 valence electrons. The van der Waals surface area contributed by atoms with Gasteiger partial charge < -0.3 is 25.9 Å². The van der Waals surface area contributed by atoms with Gasteiger partial charge in [0, 0.05) is 12.1 Å². The van der Waals surface area contributed by atoms with Crippen LogP contribution in [0.5, 0.6) is 5.75 Å². The molecule has 1 aliphatic carbocycles. The Hall–Kier alpha value is -2.91. The van der Waals surface area contributed by atoms with Crippen LogP contribution in [0.4, 0.5) is 5.69 Å². The van der Waals surface area contributed by atoms with Gasteiger partial charge in [-0.1, -0.05) is 6.07 Å². The Morgan fingerprint density at radius 1 is 1.25 bits per heavy atom. The molecule has 1 aromatic heterocycles. The fourth-order valence-electron chi connectivity index (χ4n) is 2.96. The standard InChI is InChI=1S/C9H10N2O3.C9H10N2O2.ClH/c12-8-5-3-1-2-4-6(5)10-7(11-8)9(13)14;10-4-6-1-2-8-7(3-6)11-9(12)5-13-8;/h1-4H2,(H,13,14)(H,10,11,12);1-3H,4-5,10H2,(H,11,12);1H. The summed E-state index contributed by atoms with van der Waals surface area (Å²) in [4.78, 5) is 39.2. The highest BCUT2D eigenvalue weighted by molar-refractivity contribution is 5.95. The van der Waals surface area contributed by atoms with E-state index in [1.54, 1.807) is 0 Å². The van der Waals surface area contributed by atoms with Crippen LogP contribution >= 0.6 is 12.4 Å². The van der Waals surface area contributed by atoms with Gasteiger partial charge in [-0.15, -0.1) is 12.4 Å². The van der Waals surface area contributed by atoms with Crippen molar-refractivity contribution in [2.24, 2.45) is 5.73 Å². The Morgan fingerprint density at radius 3 is 2.71 bits per heavy atom. The van der Waals surface area contributed by atoms with Crippen molar-refractivity contribution >= 4 is 30.0 Å². The van der Waals surface area contributed by atoms with Crippen LogP contribution in [0.1, 0.15) is 40.3 Å². The van der Waals surface area contributed by atoms with Crippen LogP contribution in [-0.2, 0) is 24.2 Å². The van der Waals surface area contributed by atoms with Gasteiger partial charge in [-0.25, -0.2) is 9.78 Å². The molecule has 28 heavy (non-hydrogen) atoms. The Labute approximate surface area is 166 Å². The zero-order chi connectivity index (χ0) is 19.4. The molecule has 1 amide bonds. The number of aromatic carboxylic acids is 1. The first kappa shape index (κ1) is 21.4. The Balaban J connectivity index is 0.000000194. The number of nitrogens with two attached hydrogens (primary N) is 1. The molecule has 0 saturated carbocycles. The summed E-state index contributed by atoms with van der Waals surface area (Å²) < 4.78 is 5.18. The van der Waals surface area contributed by atoms with Crippen LogP contribution in [0.2, 0.25) is 0 Å². The van der Waals surface area contributed by atoms with Crippen molar-refractivity contribution in [1.29, 1.82) is 0 Å². The first-order valence-electron chi connectivity index (χ1n) is 8.59. The molecule has 0 saturated heterocycles. The molecule has 4 rings (SSSR count). The van der Waals surface area contributed by atoms with Crippen LogP contribution in [0.3, 0.4) is 0 Å². The van der Waals surface area contributed by atoms with E-state index < -0.39 is 5.97 Å². The SMILES string of the molecule is Cl.NCc1ccc2c(c1)NC(=O)CO2.O=C(O)c1nc2c(c(=O)[nH]1)CCCC2. The third-order valence-corrected chi connectivity index (χ3v) is 4.31. The van der Waals surface area contributed by atoms with E-state index in [9.17, 15) is 14.4 Å². The van der Waals surface area contributed by atoms with Crippen LogP contribution in [-0.4, -0.2) is 33.6 Å². The molecular formula is C18H21ClN4O5. The number of aromatic amines is 1. The number of amides is 1. The highest BCUT2D eigenvalue weighted by atomic mass is 35.5. The number of carboxylic acid groups (broad SMARTS) is 1. The van der Waals surface area contributed by atoms with Crippen LogP contribution in [0, 0.1) is 0 Å². The lowest BCUT2D eigenvalue weighted by molar-refractivity contribution is -0.118. The number of hydrogen-bond acceptors (Lipinski definition) is 6. The van der Waals surface area contributed by atoms with E-state index in [0.29, 0.717) is 42.1 Å². The lowest BCUT2D eigenvalue weighted by Crippen LogP contribution is -2.25. The molecule has 10 heteroatoms. The number of nitrogens with zero attached hydrogens (tertiary/aromatic N) is 1. The molecule has 2 heterocycles. The topological polar surface area (TPSA) is 147 Å². The number of anilines is 1. The molecule has 5 N–H and O–H groups in total. The summed E-state index contributed by atoms with van der Waals surface area (Å²) in [6.45, 7) is 0.554. The Morgan fingerprint density at radius 2 is 2.00 bits per heavy atom. The predicted molar refractivity (Wildman–Crippen MR) is 104 cm³/mol. The summed E-state index contributed by atoms with van der Waals surface area (Å²) in [6, 6.07) is 5.53. The summed E-state index contributed by atoms with van der Waals surface area (Å²) in [5, 5.41) is 11.4. The number of fused-ring (bicyclic) bond motifs is 2. The van der Waals surface area contributed by atoms with Crippen LogP contribution in [0.15, 0.2) is 23.0 Å². The summed E-state index contributed by atoms with van der Waals surface area (Å²) in [5.74, 6) is -0.857. The van der Waals surface area contributed by atoms with E-state index in [1.165, 1.54) is 0 Å². The normalized spacial score (nSPS) is 14.1. The molecule has 0 spiro atoms. The largest absolute Gasteiger partial charge is 0.482 e. The molecule has 0 unspecified atom stereocenters. The number of H-pyrrole nitrogens is 1. The molecule has 0 bridgehead atoms. The molecule has 1 aromatic carbocycles. The number of aryl methyl sites for hydroxylation is 1. The molecule has 2 aliphatic rings. The van der Waals surface area contributed by atoms with E-state index in [-0.39, 0.29) is 36.3 Å². The predicted octanol–water partition coefficient (Wildman–Crippen LogP) is 1.24. The minimum Gasteiger partial charge on any atom is -0.482 e. The van der Waals surface area contributed by atoms with Crippen molar-refractivity contribution in [3.8, 4) is 5.75 Å². The fourth-order valence-corrected chi connectivity index (χ4v) is 2.96. The van der Waals surface area contributed by atoms with E-state index in [4.69, 9.17) is 15.6 Å². The third kappa shape index (κ3) is 4.87. The number of carbonyl (C=O) groups is 2. The zero-order valence-corrected chi connectivity index (χ0v) is 15.8. The van der Waals surface area contributed by atoms with Crippen molar-refractivity contribution in [1.82, 2.24) is 9.97 Å². The third-order valence-electron chi connectivity index (χ3n) is 4.31. The number of aromatic nitrogens is 2. The minimum absolute atomic E-state index is 0. The number of hydrogen-bond donors (Lipinski definition) is 4. The number of carboxylic acids is 1. The molecule has 1 aliphatic heterocycles. The second kappa shape index (κ2) is 9.34. The van der Waals surface area contributed by atoms with Gasteiger partial charge in [-0.3, -0.25) is 9.59 Å². The number of ether oxygens (including phenoxy) is 1. The van der Waals surface area contributed by atoms with Gasteiger partial charge in [0.2, 0.25) is 5.82 Å². The summed E-state index contributed by atoms with van der Waals surface area (Å²) in [5.41, 5.74) is 8.15. The van der Waals surface area contributed by atoms with Gasteiger partial charge >= 0.3 is 5.97 Å². The van der Waals surface area contributed by atoms with E-state index in [1.807, 2.05) is 18.2 Å². The van der Waals surface area contributed by atoms with Gasteiger partial charge in [-0.2, -0.15) is 0 Å². The number of benzene rings is 1. The highest BCUT2D eigenvalue weighted by Crippen LogP contribution is 2.28. The maximum absolute atomic E-state index is 11.4. The van der Waals surface area contributed by atoms with E-state index in [0.717, 1.165) is 18.4 Å². The molecular weight excluding hydrogens is 388 g/mol. The zero-order valence-electron chi connectivity index (χ0n) is 15.0.